The van der Waals surface area contributed by atoms with E-state index in [1.807, 2.05) is 30.3 Å². The number of benzene rings is 2. The molecule has 1 heterocycles. The number of anilines is 1. The maximum Gasteiger partial charge on any atom is 0.291 e. The predicted molar refractivity (Wildman–Crippen MR) is 95.3 cm³/mol. The van der Waals surface area contributed by atoms with Crippen LogP contribution in [0.25, 0.3) is 0 Å². The lowest BCUT2D eigenvalue weighted by atomic mass is 10.1. The van der Waals surface area contributed by atoms with Gasteiger partial charge in [0.05, 0.1) is 16.9 Å². The van der Waals surface area contributed by atoms with Crippen LogP contribution in [0, 0.1) is 17.0 Å². The second-order valence-corrected chi connectivity index (χ2v) is 5.59. The van der Waals surface area contributed by atoms with Crippen LogP contribution >= 0.6 is 0 Å². The van der Waals surface area contributed by atoms with E-state index in [1.165, 1.54) is 18.4 Å². The van der Waals surface area contributed by atoms with E-state index >= 15 is 0 Å². The molecule has 0 aliphatic carbocycles. The largest absolute Gasteiger partial charge is 0.489 e. The van der Waals surface area contributed by atoms with E-state index in [1.54, 1.807) is 19.1 Å². The number of furan rings is 1. The first-order valence-corrected chi connectivity index (χ1v) is 7.85. The lowest BCUT2D eigenvalue weighted by Crippen LogP contribution is -2.14. The van der Waals surface area contributed by atoms with Crippen LogP contribution in [-0.4, -0.2) is 10.8 Å². The fourth-order valence-electron chi connectivity index (χ4n) is 2.36. The van der Waals surface area contributed by atoms with Gasteiger partial charge >= 0.3 is 0 Å². The average molecular weight is 352 g/mol. The Hall–Kier alpha value is -3.61. The smallest absolute Gasteiger partial charge is 0.291 e. The molecule has 1 amide bonds. The minimum Gasteiger partial charge on any atom is -0.489 e. The summed E-state index contributed by atoms with van der Waals surface area (Å²) in [4.78, 5) is 22.9. The zero-order valence-corrected chi connectivity index (χ0v) is 14.0. The van der Waals surface area contributed by atoms with Crippen molar-refractivity contribution in [3.63, 3.8) is 0 Å². The highest BCUT2D eigenvalue weighted by Gasteiger charge is 2.18. The summed E-state index contributed by atoms with van der Waals surface area (Å²) in [5, 5.41) is 13.6. The summed E-state index contributed by atoms with van der Waals surface area (Å²) in [6, 6.07) is 15.1. The van der Waals surface area contributed by atoms with Crippen LogP contribution in [0.4, 0.5) is 11.4 Å². The number of non-ortho nitro benzene ring substituents is 1. The van der Waals surface area contributed by atoms with Crippen LogP contribution in [0.5, 0.6) is 5.75 Å². The van der Waals surface area contributed by atoms with Gasteiger partial charge in [0.2, 0.25) is 0 Å². The fourth-order valence-corrected chi connectivity index (χ4v) is 2.36. The zero-order chi connectivity index (χ0) is 18.5. The topological polar surface area (TPSA) is 94.6 Å². The monoisotopic (exact) mass is 352 g/mol. The number of nitro benzene ring substituents is 1. The number of nitrogens with zero attached hydrogens (tertiary/aromatic N) is 1. The maximum absolute atomic E-state index is 12.5. The number of amides is 1. The molecule has 2 aromatic carbocycles. The number of nitro groups is 1. The molecule has 0 aliphatic heterocycles. The van der Waals surface area contributed by atoms with Crippen molar-refractivity contribution < 1.29 is 18.9 Å². The standard InChI is InChI=1S/C19H16N2O5/c1-13-7-8-15(21(23)24)11-17(13)20-19(22)18-14(9-10-25-18)12-26-16-5-3-2-4-6-16/h2-11H,12H2,1H3,(H,20,22). The van der Waals surface area contributed by atoms with Crippen LogP contribution in [0.2, 0.25) is 0 Å². The maximum atomic E-state index is 12.5. The Morgan fingerprint density at radius 2 is 1.96 bits per heavy atom. The van der Waals surface area contributed by atoms with Gasteiger partial charge in [0.15, 0.2) is 5.76 Å². The van der Waals surface area contributed by atoms with Crippen molar-refractivity contribution >= 4 is 17.3 Å². The molecule has 3 aromatic rings. The third-order valence-corrected chi connectivity index (χ3v) is 3.77. The molecule has 7 nitrogen and oxygen atoms in total. The summed E-state index contributed by atoms with van der Waals surface area (Å²) in [6.45, 7) is 1.91. The number of hydrogen-bond acceptors (Lipinski definition) is 5. The molecule has 0 saturated heterocycles. The first-order chi connectivity index (χ1) is 12.5. The van der Waals surface area contributed by atoms with Gasteiger partial charge in [-0.3, -0.25) is 14.9 Å². The number of aryl methyl sites for hydroxylation is 1. The summed E-state index contributed by atoms with van der Waals surface area (Å²) in [5.74, 6) is 0.284. The molecular formula is C19H16N2O5. The molecule has 1 aromatic heterocycles. The molecule has 0 saturated carbocycles. The molecule has 7 heteroatoms. The van der Waals surface area contributed by atoms with Gasteiger partial charge in [-0.1, -0.05) is 24.3 Å². The molecule has 132 valence electrons. The summed E-state index contributed by atoms with van der Waals surface area (Å²) in [7, 11) is 0. The van der Waals surface area contributed by atoms with Gasteiger partial charge < -0.3 is 14.5 Å². The molecule has 0 bridgehead atoms. The Labute approximate surface area is 149 Å². The van der Waals surface area contributed by atoms with Gasteiger partial charge in [-0.15, -0.1) is 0 Å². The van der Waals surface area contributed by atoms with Crippen molar-refractivity contribution in [1.29, 1.82) is 0 Å². The quantitative estimate of drug-likeness (QED) is 0.526. The van der Waals surface area contributed by atoms with E-state index in [2.05, 4.69) is 5.32 Å². The Morgan fingerprint density at radius 1 is 1.19 bits per heavy atom. The summed E-state index contributed by atoms with van der Waals surface area (Å²) in [6.07, 6.45) is 1.40. The highest BCUT2D eigenvalue weighted by atomic mass is 16.6. The third kappa shape index (κ3) is 3.89. The van der Waals surface area contributed by atoms with Gasteiger partial charge in [-0.05, 0) is 30.7 Å². The molecule has 0 atom stereocenters. The molecule has 0 unspecified atom stereocenters. The molecule has 0 radical (unpaired) electrons. The van der Waals surface area contributed by atoms with Crippen molar-refractivity contribution in [2.75, 3.05) is 5.32 Å². The second kappa shape index (κ2) is 7.52. The minimum atomic E-state index is -0.513. The third-order valence-electron chi connectivity index (χ3n) is 3.77. The Bertz CT molecular complexity index is 934. The zero-order valence-electron chi connectivity index (χ0n) is 14.0. The normalized spacial score (nSPS) is 10.3. The number of carbonyl (C=O) groups excluding carboxylic acids is 1. The first kappa shape index (κ1) is 17.2. The van der Waals surface area contributed by atoms with E-state index in [-0.39, 0.29) is 18.1 Å². The molecule has 0 spiro atoms. The number of hydrogen-bond donors (Lipinski definition) is 1. The van der Waals surface area contributed by atoms with Gasteiger partial charge in [0.25, 0.3) is 11.6 Å². The Kier molecular flexibility index (Phi) is 4.98. The highest BCUT2D eigenvalue weighted by Crippen LogP contribution is 2.23. The number of ether oxygens (including phenoxy) is 1. The number of carbonyl (C=O) groups is 1. The Morgan fingerprint density at radius 3 is 2.69 bits per heavy atom. The van der Waals surface area contributed by atoms with Crippen molar-refractivity contribution in [1.82, 2.24) is 0 Å². The number of nitrogens with one attached hydrogen (secondary N) is 1. The van der Waals surface area contributed by atoms with Crippen LogP contribution in [0.15, 0.2) is 65.3 Å². The lowest BCUT2D eigenvalue weighted by molar-refractivity contribution is -0.384. The van der Waals surface area contributed by atoms with Crippen molar-refractivity contribution in [3.05, 3.63) is 87.9 Å². The SMILES string of the molecule is Cc1ccc([N+](=O)[O-])cc1NC(=O)c1occc1COc1ccccc1. The van der Waals surface area contributed by atoms with Crippen LogP contribution in [-0.2, 0) is 6.61 Å². The minimum absolute atomic E-state index is 0.0991. The lowest BCUT2D eigenvalue weighted by Gasteiger charge is -2.09. The van der Waals surface area contributed by atoms with E-state index in [0.717, 1.165) is 0 Å². The van der Waals surface area contributed by atoms with E-state index in [0.29, 0.717) is 22.6 Å². The number of rotatable bonds is 6. The average Bonchev–Trinajstić information content (AvgIpc) is 3.11. The molecule has 3 rings (SSSR count). The highest BCUT2D eigenvalue weighted by molar-refractivity contribution is 6.03. The van der Waals surface area contributed by atoms with E-state index in [4.69, 9.17) is 9.15 Å². The fraction of sp³-hybridized carbons (Fsp3) is 0.105. The van der Waals surface area contributed by atoms with Crippen LogP contribution < -0.4 is 10.1 Å². The van der Waals surface area contributed by atoms with E-state index < -0.39 is 10.8 Å². The summed E-state index contributed by atoms with van der Waals surface area (Å²) in [5.41, 5.74) is 1.54. The molecule has 0 fully saturated rings. The van der Waals surface area contributed by atoms with Crippen molar-refractivity contribution in [3.8, 4) is 5.75 Å². The van der Waals surface area contributed by atoms with Crippen LogP contribution in [0.1, 0.15) is 21.7 Å². The summed E-state index contributed by atoms with van der Waals surface area (Å²) >= 11 is 0. The van der Waals surface area contributed by atoms with Gasteiger partial charge in [0, 0.05) is 17.7 Å². The molecule has 26 heavy (non-hydrogen) atoms. The van der Waals surface area contributed by atoms with Crippen molar-refractivity contribution in [2.24, 2.45) is 0 Å². The second-order valence-electron chi connectivity index (χ2n) is 5.59. The molecular weight excluding hydrogens is 336 g/mol. The Balaban J connectivity index is 1.74. The summed E-state index contributed by atoms with van der Waals surface area (Å²) < 4.78 is 10.9. The number of para-hydroxylation sites is 1. The molecule has 0 aliphatic rings. The van der Waals surface area contributed by atoms with Crippen LogP contribution in [0.3, 0.4) is 0 Å². The van der Waals surface area contributed by atoms with Gasteiger partial charge in [0.1, 0.15) is 12.4 Å². The van der Waals surface area contributed by atoms with Gasteiger partial charge in [-0.25, -0.2) is 0 Å². The molecule has 1 N–H and O–H groups in total. The van der Waals surface area contributed by atoms with Crippen molar-refractivity contribution in [2.45, 2.75) is 13.5 Å². The predicted octanol–water partition coefficient (Wildman–Crippen LogP) is 4.33. The first-order valence-electron chi connectivity index (χ1n) is 7.85. The van der Waals surface area contributed by atoms with Gasteiger partial charge in [-0.2, -0.15) is 0 Å². The van der Waals surface area contributed by atoms with E-state index in [9.17, 15) is 14.9 Å².